The van der Waals surface area contributed by atoms with Crippen LogP contribution in [0.2, 0.25) is 0 Å². The lowest BCUT2D eigenvalue weighted by molar-refractivity contribution is -0.151. The Kier molecular flexibility index (Phi) is 5.80. The van der Waals surface area contributed by atoms with Crippen LogP contribution in [0.15, 0.2) is 47.3 Å². The number of piperidine rings is 1. The molecule has 1 atom stereocenters. The number of hydrogen-bond acceptors (Lipinski definition) is 7. The zero-order chi connectivity index (χ0) is 24.8. The van der Waals surface area contributed by atoms with Gasteiger partial charge in [0.2, 0.25) is 0 Å². The summed E-state index contributed by atoms with van der Waals surface area (Å²) in [5, 5.41) is 12.2. The number of carbonyl (C=O) groups is 1. The quantitative estimate of drug-likeness (QED) is 0.477. The third-order valence-electron chi connectivity index (χ3n) is 6.65. The molecule has 1 aliphatic heterocycles. The molecular weight excluding hydrogens is 475 g/mol. The number of aryl methyl sites for hydroxylation is 1. The lowest BCUT2D eigenvalue weighted by Crippen LogP contribution is -2.53. The van der Waals surface area contributed by atoms with Gasteiger partial charge in [-0.1, -0.05) is 12.1 Å². The summed E-state index contributed by atoms with van der Waals surface area (Å²) in [6.07, 6.45) is 6.07. The van der Waals surface area contributed by atoms with E-state index in [1.807, 2.05) is 13.0 Å². The smallest absolute Gasteiger partial charge is 0.317 e. The molecule has 0 spiro atoms. The fourth-order valence-electron chi connectivity index (χ4n) is 4.92. The second-order valence-electron chi connectivity index (χ2n) is 8.75. The molecule has 1 aliphatic carbocycles. The molecule has 5 rings (SSSR count). The highest BCUT2D eigenvalue weighted by molar-refractivity contribution is 7.89. The standard InChI is InChI=1S/C23H25FN6O4S/c1-3-9-29-21(14-25-27-29)35(32,33)28-10-8-17-11-20-16(12-23(17,15-28)22(31)34-2)13-26-30(20)19-6-4-18(24)5-7-19/h4-7,11,13-14H,3,8-10,12,15H2,1-2H3/t23-/m0/s1. The predicted octanol–water partition coefficient (Wildman–Crippen LogP) is 2.21. The fraction of sp³-hybridized carbons (Fsp3) is 0.391. The van der Waals surface area contributed by atoms with Gasteiger partial charge in [-0.2, -0.15) is 9.40 Å². The highest BCUT2D eigenvalue weighted by Gasteiger charge is 2.52. The highest BCUT2D eigenvalue weighted by Crippen LogP contribution is 2.46. The van der Waals surface area contributed by atoms with E-state index in [1.165, 1.54) is 34.4 Å². The van der Waals surface area contributed by atoms with Crippen molar-refractivity contribution in [3.8, 4) is 5.69 Å². The van der Waals surface area contributed by atoms with Gasteiger partial charge in [0, 0.05) is 19.6 Å². The van der Waals surface area contributed by atoms with Gasteiger partial charge in [0.15, 0.2) is 5.03 Å². The minimum absolute atomic E-state index is 0.00687. The molecule has 0 amide bonds. The van der Waals surface area contributed by atoms with E-state index in [0.29, 0.717) is 25.1 Å². The molecule has 0 N–H and O–H groups in total. The van der Waals surface area contributed by atoms with E-state index in [4.69, 9.17) is 4.74 Å². The Morgan fingerprint density at radius 2 is 2.00 bits per heavy atom. The van der Waals surface area contributed by atoms with Gasteiger partial charge in [0.1, 0.15) is 11.2 Å². The maximum atomic E-state index is 13.5. The lowest BCUT2D eigenvalue weighted by Gasteiger charge is -2.43. The van der Waals surface area contributed by atoms with Gasteiger partial charge in [-0.25, -0.2) is 22.2 Å². The Hall–Kier alpha value is -3.38. The number of nitrogens with zero attached hydrogens (tertiary/aromatic N) is 6. The molecule has 3 heterocycles. The first-order valence-corrected chi connectivity index (χ1v) is 12.7. The molecular formula is C23H25FN6O4S. The topological polar surface area (TPSA) is 112 Å². The summed E-state index contributed by atoms with van der Waals surface area (Å²) in [6, 6.07) is 5.98. The number of carbonyl (C=O) groups excluding carboxylic acids is 1. The van der Waals surface area contributed by atoms with Crippen LogP contribution in [0.5, 0.6) is 0 Å². The van der Waals surface area contributed by atoms with Crippen molar-refractivity contribution in [2.24, 2.45) is 5.41 Å². The Labute approximate surface area is 202 Å². The number of fused-ring (bicyclic) bond motifs is 2. The van der Waals surface area contributed by atoms with Crippen molar-refractivity contribution in [1.82, 2.24) is 29.1 Å². The van der Waals surface area contributed by atoms with Gasteiger partial charge in [-0.3, -0.25) is 4.79 Å². The van der Waals surface area contributed by atoms with E-state index >= 15 is 0 Å². The number of rotatable bonds is 6. The third-order valence-corrected chi connectivity index (χ3v) is 8.49. The second-order valence-corrected chi connectivity index (χ2v) is 10.6. The number of ether oxygens (including phenoxy) is 1. The molecule has 35 heavy (non-hydrogen) atoms. The Bertz CT molecular complexity index is 1410. The van der Waals surface area contributed by atoms with E-state index in [1.54, 1.807) is 23.0 Å². The van der Waals surface area contributed by atoms with Crippen molar-refractivity contribution in [2.45, 2.75) is 37.8 Å². The summed E-state index contributed by atoms with van der Waals surface area (Å²) in [7, 11) is -2.64. The minimum Gasteiger partial charge on any atom is -0.468 e. The number of esters is 1. The van der Waals surface area contributed by atoms with Crippen molar-refractivity contribution >= 4 is 22.1 Å². The van der Waals surface area contributed by atoms with E-state index in [2.05, 4.69) is 15.4 Å². The van der Waals surface area contributed by atoms with Crippen molar-refractivity contribution < 1.29 is 22.3 Å². The zero-order valence-corrected chi connectivity index (χ0v) is 20.2. The molecule has 10 nitrogen and oxygen atoms in total. The van der Waals surface area contributed by atoms with Crippen LogP contribution in [0.4, 0.5) is 4.39 Å². The average Bonchev–Trinajstić information content (AvgIpc) is 3.49. The molecule has 0 radical (unpaired) electrons. The van der Waals surface area contributed by atoms with Gasteiger partial charge in [0.05, 0.1) is 30.9 Å². The molecule has 1 fully saturated rings. The van der Waals surface area contributed by atoms with Crippen LogP contribution in [0.3, 0.4) is 0 Å². The van der Waals surface area contributed by atoms with E-state index in [0.717, 1.165) is 16.8 Å². The summed E-state index contributed by atoms with van der Waals surface area (Å²) in [5.74, 6) is -0.842. The monoisotopic (exact) mass is 500 g/mol. The van der Waals surface area contributed by atoms with E-state index in [9.17, 15) is 17.6 Å². The normalized spacial score (nSPS) is 20.1. The molecule has 2 aromatic heterocycles. The van der Waals surface area contributed by atoms with Gasteiger partial charge in [-0.15, -0.1) is 5.10 Å². The van der Waals surface area contributed by atoms with Crippen LogP contribution in [0.1, 0.15) is 31.0 Å². The molecule has 1 saturated heterocycles. The maximum Gasteiger partial charge on any atom is 0.317 e. The van der Waals surface area contributed by atoms with Crippen LogP contribution >= 0.6 is 0 Å². The third kappa shape index (κ3) is 3.76. The minimum atomic E-state index is -3.94. The Morgan fingerprint density at radius 1 is 1.23 bits per heavy atom. The van der Waals surface area contributed by atoms with Gasteiger partial charge in [-0.05, 0) is 60.7 Å². The van der Waals surface area contributed by atoms with Crippen LogP contribution in [0, 0.1) is 11.2 Å². The van der Waals surface area contributed by atoms with Gasteiger partial charge >= 0.3 is 5.97 Å². The number of hydrogen-bond donors (Lipinski definition) is 0. The zero-order valence-electron chi connectivity index (χ0n) is 19.4. The van der Waals surface area contributed by atoms with Crippen LogP contribution in [-0.2, 0) is 32.5 Å². The summed E-state index contributed by atoms with van der Waals surface area (Å²) < 4.78 is 50.1. The Morgan fingerprint density at radius 3 is 2.71 bits per heavy atom. The van der Waals surface area contributed by atoms with Crippen molar-refractivity contribution in [1.29, 1.82) is 0 Å². The number of sulfonamides is 1. The molecule has 0 bridgehead atoms. The van der Waals surface area contributed by atoms with Crippen LogP contribution in [0.25, 0.3) is 11.8 Å². The highest BCUT2D eigenvalue weighted by atomic mass is 32.2. The summed E-state index contributed by atoms with van der Waals surface area (Å²) >= 11 is 0. The SMILES string of the molecule is CCCn1nncc1S(=O)(=O)N1CCC2=Cc3c(cnn3-c3ccc(F)cc3)C[C@]2(C(=O)OC)C1. The number of aromatic nitrogens is 5. The molecule has 1 aromatic carbocycles. The van der Waals surface area contributed by atoms with E-state index in [-0.39, 0.29) is 30.4 Å². The number of methoxy groups -OCH3 is 1. The molecule has 184 valence electrons. The summed E-state index contributed by atoms with van der Waals surface area (Å²) in [6.45, 7) is 2.48. The lowest BCUT2D eigenvalue weighted by atomic mass is 9.69. The number of halogens is 1. The second kappa shape index (κ2) is 8.68. The first-order valence-electron chi connectivity index (χ1n) is 11.3. The molecule has 3 aromatic rings. The molecule has 0 unspecified atom stereocenters. The molecule has 0 saturated carbocycles. The first-order chi connectivity index (χ1) is 16.8. The molecule has 12 heteroatoms. The maximum absolute atomic E-state index is 13.5. The van der Waals surface area contributed by atoms with Gasteiger partial charge < -0.3 is 4.74 Å². The number of benzene rings is 1. The van der Waals surface area contributed by atoms with Crippen LogP contribution < -0.4 is 0 Å². The predicted molar refractivity (Wildman–Crippen MR) is 123 cm³/mol. The first kappa shape index (κ1) is 23.4. The van der Waals surface area contributed by atoms with Crippen molar-refractivity contribution in [3.63, 3.8) is 0 Å². The van der Waals surface area contributed by atoms with Crippen molar-refractivity contribution in [2.75, 3.05) is 20.2 Å². The Balaban J connectivity index is 1.54. The van der Waals surface area contributed by atoms with Gasteiger partial charge in [0.25, 0.3) is 10.0 Å². The summed E-state index contributed by atoms with van der Waals surface area (Å²) in [4.78, 5) is 13.2. The largest absolute Gasteiger partial charge is 0.468 e. The summed E-state index contributed by atoms with van der Waals surface area (Å²) in [5.41, 5.74) is 1.86. The van der Waals surface area contributed by atoms with Crippen LogP contribution in [-0.4, -0.2) is 63.7 Å². The van der Waals surface area contributed by atoms with E-state index < -0.39 is 21.4 Å². The fourth-order valence-corrected chi connectivity index (χ4v) is 6.48. The van der Waals surface area contributed by atoms with Crippen molar-refractivity contribution in [3.05, 3.63) is 59.3 Å². The molecule has 2 aliphatic rings. The average molecular weight is 501 g/mol.